The normalized spacial score (nSPS) is 23.8. The third-order valence-corrected chi connectivity index (χ3v) is 4.97. The summed E-state index contributed by atoms with van der Waals surface area (Å²) in [6.45, 7) is 11.9. The first-order valence-corrected chi connectivity index (χ1v) is 7.89. The molecular weight excluding hydrogens is 244 g/mol. The van der Waals surface area contributed by atoms with E-state index in [4.69, 9.17) is 0 Å². The molecule has 1 aliphatic rings. The summed E-state index contributed by atoms with van der Waals surface area (Å²) >= 11 is 0. The number of hydrogen-bond donors (Lipinski definition) is 1. The standard InChI is InChI=1S/C18H30N2/c1-14(17(19-5)15-9-7-6-8-10-15)20-12-11-16(13-20)18(2,3)4/h6-10,14,16-17,19H,11-13H2,1-5H3. The lowest BCUT2D eigenvalue weighted by atomic mass is 9.80. The lowest BCUT2D eigenvalue weighted by molar-refractivity contribution is 0.177. The van der Waals surface area contributed by atoms with Crippen LogP contribution in [0, 0.1) is 11.3 Å². The van der Waals surface area contributed by atoms with Gasteiger partial charge < -0.3 is 5.32 Å². The molecule has 1 N–H and O–H groups in total. The molecule has 1 aromatic rings. The summed E-state index contributed by atoms with van der Waals surface area (Å²) in [6, 6.07) is 11.8. The quantitative estimate of drug-likeness (QED) is 0.900. The van der Waals surface area contributed by atoms with Gasteiger partial charge in [0.1, 0.15) is 0 Å². The number of likely N-dealkylation sites (tertiary alicyclic amines) is 1. The minimum Gasteiger partial charge on any atom is -0.312 e. The zero-order valence-corrected chi connectivity index (χ0v) is 13.7. The fourth-order valence-corrected chi connectivity index (χ4v) is 3.42. The first-order valence-electron chi connectivity index (χ1n) is 7.89. The van der Waals surface area contributed by atoms with Crippen molar-refractivity contribution in [3.63, 3.8) is 0 Å². The van der Waals surface area contributed by atoms with E-state index >= 15 is 0 Å². The molecule has 112 valence electrons. The average molecular weight is 274 g/mol. The Morgan fingerprint density at radius 1 is 1.20 bits per heavy atom. The van der Waals surface area contributed by atoms with E-state index in [9.17, 15) is 0 Å². The molecule has 0 amide bonds. The Morgan fingerprint density at radius 2 is 1.85 bits per heavy atom. The Hall–Kier alpha value is -0.860. The van der Waals surface area contributed by atoms with Crippen LogP contribution in [-0.2, 0) is 0 Å². The van der Waals surface area contributed by atoms with Crippen molar-refractivity contribution in [2.24, 2.45) is 11.3 Å². The fraction of sp³-hybridized carbons (Fsp3) is 0.667. The van der Waals surface area contributed by atoms with E-state index in [1.165, 1.54) is 25.1 Å². The Morgan fingerprint density at radius 3 is 2.35 bits per heavy atom. The second-order valence-corrected chi connectivity index (χ2v) is 7.26. The molecule has 2 rings (SSSR count). The van der Waals surface area contributed by atoms with Crippen LogP contribution in [0.15, 0.2) is 30.3 Å². The summed E-state index contributed by atoms with van der Waals surface area (Å²) in [6.07, 6.45) is 1.33. The topological polar surface area (TPSA) is 15.3 Å². The van der Waals surface area contributed by atoms with Gasteiger partial charge in [-0.25, -0.2) is 0 Å². The van der Waals surface area contributed by atoms with Gasteiger partial charge in [0.05, 0.1) is 0 Å². The predicted molar refractivity (Wildman–Crippen MR) is 86.8 cm³/mol. The number of nitrogens with one attached hydrogen (secondary N) is 1. The number of benzene rings is 1. The molecule has 20 heavy (non-hydrogen) atoms. The second kappa shape index (κ2) is 6.28. The van der Waals surface area contributed by atoms with Crippen LogP contribution in [0.4, 0.5) is 0 Å². The highest BCUT2D eigenvalue weighted by atomic mass is 15.2. The van der Waals surface area contributed by atoms with Crippen LogP contribution in [0.3, 0.4) is 0 Å². The lowest BCUT2D eigenvalue weighted by Gasteiger charge is -2.33. The Bertz CT molecular complexity index is 407. The summed E-state index contributed by atoms with van der Waals surface area (Å²) in [4.78, 5) is 2.66. The third-order valence-electron chi connectivity index (χ3n) is 4.97. The molecule has 1 saturated heterocycles. The molecular formula is C18H30N2. The number of nitrogens with zero attached hydrogens (tertiary/aromatic N) is 1. The zero-order chi connectivity index (χ0) is 14.8. The number of hydrogen-bond acceptors (Lipinski definition) is 2. The zero-order valence-electron chi connectivity index (χ0n) is 13.7. The number of rotatable bonds is 4. The van der Waals surface area contributed by atoms with Gasteiger partial charge in [-0.3, -0.25) is 4.90 Å². The Kier molecular flexibility index (Phi) is 4.87. The molecule has 1 aromatic carbocycles. The van der Waals surface area contributed by atoms with Gasteiger partial charge in [-0.2, -0.15) is 0 Å². The van der Waals surface area contributed by atoms with Gasteiger partial charge >= 0.3 is 0 Å². The maximum atomic E-state index is 3.51. The summed E-state index contributed by atoms with van der Waals surface area (Å²) in [5, 5.41) is 3.51. The first-order chi connectivity index (χ1) is 9.43. The molecule has 1 fully saturated rings. The molecule has 1 heterocycles. The van der Waals surface area contributed by atoms with Crippen molar-refractivity contribution in [1.82, 2.24) is 10.2 Å². The van der Waals surface area contributed by atoms with E-state index in [0.717, 1.165) is 5.92 Å². The van der Waals surface area contributed by atoms with Gasteiger partial charge in [-0.15, -0.1) is 0 Å². The van der Waals surface area contributed by atoms with Crippen molar-refractivity contribution in [2.75, 3.05) is 20.1 Å². The van der Waals surface area contributed by atoms with Gasteiger partial charge in [0.2, 0.25) is 0 Å². The summed E-state index contributed by atoms with van der Waals surface area (Å²) in [5.41, 5.74) is 1.82. The van der Waals surface area contributed by atoms with Crippen LogP contribution < -0.4 is 5.32 Å². The maximum absolute atomic E-state index is 3.51. The monoisotopic (exact) mass is 274 g/mol. The summed E-state index contributed by atoms with van der Waals surface area (Å²) in [7, 11) is 2.07. The fourth-order valence-electron chi connectivity index (χ4n) is 3.42. The van der Waals surface area contributed by atoms with Crippen LogP contribution in [0.5, 0.6) is 0 Å². The van der Waals surface area contributed by atoms with E-state index < -0.39 is 0 Å². The molecule has 0 aliphatic carbocycles. The molecule has 2 nitrogen and oxygen atoms in total. The Labute approximate surface area is 124 Å². The SMILES string of the molecule is CNC(c1ccccc1)C(C)N1CCC(C(C)(C)C)C1. The minimum atomic E-state index is 0.412. The first kappa shape index (κ1) is 15.5. The van der Waals surface area contributed by atoms with Crippen molar-refractivity contribution in [2.45, 2.75) is 46.2 Å². The van der Waals surface area contributed by atoms with Crippen molar-refractivity contribution in [3.05, 3.63) is 35.9 Å². The molecule has 3 unspecified atom stereocenters. The Balaban J connectivity index is 2.05. The molecule has 0 bridgehead atoms. The summed E-state index contributed by atoms with van der Waals surface area (Å²) in [5.74, 6) is 0.818. The second-order valence-electron chi connectivity index (χ2n) is 7.26. The highest BCUT2D eigenvalue weighted by Gasteiger charge is 2.35. The molecule has 1 aliphatic heterocycles. The third kappa shape index (κ3) is 3.42. The number of likely N-dealkylation sites (N-methyl/N-ethyl adjacent to an activating group) is 1. The minimum absolute atomic E-state index is 0.412. The average Bonchev–Trinajstić information content (AvgIpc) is 2.90. The van der Waals surface area contributed by atoms with Gasteiger partial charge in [0.15, 0.2) is 0 Å². The van der Waals surface area contributed by atoms with Crippen molar-refractivity contribution in [3.8, 4) is 0 Å². The predicted octanol–water partition coefficient (Wildman–Crippen LogP) is 3.70. The van der Waals surface area contributed by atoms with E-state index in [1.807, 2.05) is 0 Å². The summed E-state index contributed by atoms with van der Waals surface area (Å²) < 4.78 is 0. The van der Waals surface area contributed by atoms with Crippen LogP contribution >= 0.6 is 0 Å². The molecule has 2 heteroatoms. The van der Waals surface area contributed by atoms with Crippen LogP contribution in [0.25, 0.3) is 0 Å². The van der Waals surface area contributed by atoms with Crippen LogP contribution in [0.1, 0.15) is 45.7 Å². The van der Waals surface area contributed by atoms with Gasteiger partial charge in [0.25, 0.3) is 0 Å². The highest BCUT2D eigenvalue weighted by Crippen LogP contribution is 2.35. The van der Waals surface area contributed by atoms with Crippen molar-refractivity contribution in [1.29, 1.82) is 0 Å². The van der Waals surface area contributed by atoms with Gasteiger partial charge in [-0.05, 0) is 43.8 Å². The molecule has 3 atom stereocenters. The lowest BCUT2D eigenvalue weighted by Crippen LogP contribution is -2.41. The van der Waals surface area contributed by atoms with Crippen LogP contribution in [-0.4, -0.2) is 31.1 Å². The van der Waals surface area contributed by atoms with E-state index in [-0.39, 0.29) is 0 Å². The smallest absolute Gasteiger partial charge is 0.0473 e. The molecule has 0 aromatic heterocycles. The van der Waals surface area contributed by atoms with Gasteiger partial charge in [0, 0.05) is 18.6 Å². The van der Waals surface area contributed by atoms with E-state index in [0.29, 0.717) is 17.5 Å². The maximum Gasteiger partial charge on any atom is 0.0473 e. The largest absolute Gasteiger partial charge is 0.312 e. The molecule has 0 radical (unpaired) electrons. The van der Waals surface area contributed by atoms with E-state index in [2.05, 4.69) is 75.3 Å². The molecule has 0 saturated carbocycles. The van der Waals surface area contributed by atoms with Crippen molar-refractivity contribution >= 4 is 0 Å². The highest BCUT2D eigenvalue weighted by molar-refractivity contribution is 5.20. The van der Waals surface area contributed by atoms with Crippen LogP contribution in [0.2, 0.25) is 0 Å². The van der Waals surface area contributed by atoms with Crippen molar-refractivity contribution < 1.29 is 0 Å². The van der Waals surface area contributed by atoms with E-state index in [1.54, 1.807) is 0 Å². The van der Waals surface area contributed by atoms with Gasteiger partial charge in [-0.1, -0.05) is 51.1 Å². The molecule has 0 spiro atoms.